The highest BCUT2D eigenvalue weighted by Crippen LogP contribution is 2.30. The number of carbonyl (C=O) groups is 1. The van der Waals surface area contributed by atoms with E-state index in [2.05, 4.69) is 13.8 Å². The lowest BCUT2D eigenvalue weighted by molar-refractivity contribution is 0.101. The summed E-state index contributed by atoms with van der Waals surface area (Å²) in [6.07, 6.45) is 0. The molecule has 0 aliphatic carbocycles. The van der Waals surface area contributed by atoms with Crippen molar-refractivity contribution in [1.29, 1.82) is 0 Å². The number of hydrogen-bond acceptors (Lipinski definition) is 2. The zero-order chi connectivity index (χ0) is 10.7. The van der Waals surface area contributed by atoms with Crippen LogP contribution in [0, 0.1) is 0 Å². The molecule has 0 atom stereocenters. The highest BCUT2D eigenvalue weighted by atomic mass is 35.5. The third-order valence-corrected chi connectivity index (χ3v) is 3.21. The second kappa shape index (κ2) is 4.85. The fourth-order valence-electron chi connectivity index (χ4n) is 1.07. The number of benzene rings is 1. The van der Waals surface area contributed by atoms with Crippen molar-refractivity contribution < 1.29 is 4.79 Å². The summed E-state index contributed by atoms with van der Waals surface area (Å²) >= 11 is 7.75. The fraction of sp³-hybridized carbons (Fsp3) is 0.364. The first kappa shape index (κ1) is 11.6. The molecule has 1 nitrogen and oxygen atoms in total. The number of hydrogen-bond donors (Lipinski definition) is 0. The lowest BCUT2D eigenvalue weighted by atomic mass is 10.1. The average molecular weight is 229 g/mol. The molecule has 76 valence electrons. The van der Waals surface area contributed by atoms with Crippen molar-refractivity contribution in [2.45, 2.75) is 30.9 Å². The molecule has 0 aromatic heterocycles. The van der Waals surface area contributed by atoms with E-state index in [4.69, 9.17) is 11.6 Å². The van der Waals surface area contributed by atoms with E-state index >= 15 is 0 Å². The zero-order valence-corrected chi connectivity index (χ0v) is 10.1. The summed E-state index contributed by atoms with van der Waals surface area (Å²) in [5, 5.41) is 1.16. The highest BCUT2D eigenvalue weighted by Gasteiger charge is 2.06. The Morgan fingerprint density at radius 1 is 1.43 bits per heavy atom. The van der Waals surface area contributed by atoms with Crippen molar-refractivity contribution in [2.24, 2.45) is 0 Å². The van der Waals surface area contributed by atoms with Crippen molar-refractivity contribution >= 4 is 29.1 Å². The minimum Gasteiger partial charge on any atom is -0.295 e. The third kappa shape index (κ3) is 3.03. The molecule has 1 rings (SSSR count). The first-order valence-corrected chi connectivity index (χ1v) is 5.73. The minimum absolute atomic E-state index is 0.0491. The Hall–Kier alpha value is -0.470. The number of Topliss-reactive ketones (excluding diaryl/α,β-unsaturated/α-hetero) is 1. The predicted octanol–water partition coefficient (Wildman–Crippen LogP) is 4.04. The third-order valence-electron chi connectivity index (χ3n) is 1.70. The molecule has 1 aromatic rings. The zero-order valence-electron chi connectivity index (χ0n) is 8.50. The Balaban J connectivity index is 2.95. The molecule has 0 spiro atoms. The van der Waals surface area contributed by atoms with Gasteiger partial charge in [0.2, 0.25) is 0 Å². The lowest BCUT2D eigenvalue weighted by Crippen LogP contribution is -1.93. The Kier molecular flexibility index (Phi) is 4.02. The van der Waals surface area contributed by atoms with Crippen molar-refractivity contribution in [3.05, 3.63) is 28.8 Å². The van der Waals surface area contributed by atoms with Crippen LogP contribution in [0.3, 0.4) is 0 Å². The summed E-state index contributed by atoms with van der Waals surface area (Å²) in [7, 11) is 0. The van der Waals surface area contributed by atoms with Gasteiger partial charge in [-0.05, 0) is 19.1 Å². The maximum Gasteiger partial charge on any atom is 0.159 e. The molecule has 0 N–H and O–H groups in total. The lowest BCUT2D eigenvalue weighted by Gasteiger charge is -2.07. The first-order valence-electron chi connectivity index (χ1n) is 4.48. The van der Waals surface area contributed by atoms with Crippen LogP contribution in [0.15, 0.2) is 23.1 Å². The molecule has 0 amide bonds. The Morgan fingerprint density at radius 2 is 2.07 bits per heavy atom. The van der Waals surface area contributed by atoms with Gasteiger partial charge in [-0.3, -0.25) is 4.79 Å². The van der Waals surface area contributed by atoms with E-state index < -0.39 is 0 Å². The van der Waals surface area contributed by atoms with Crippen molar-refractivity contribution in [2.75, 3.05) is 0 Å². The Bertz CT molecular complexity index is 347. The van der Waals surface area contributed by atoms with Crippen LogP contribution in [0.2, 0.25) is 5.02 Å². The van der Waals surface area contributed by atoms with E-state index in [1.807, 2.05) is 12.1 Å². The maximum absolute atomic E-state index is 11.1. The van der Waals surface area contributed by atoms with Crippen molar-refractivity contribution in [1.82, 2.24) is 0 Å². The van der Waals surface area contributed by atoms with Crippen LogP contribution in [-0.4, -0.2) is 11.0 Å². The highest BCUT2D eigenvalue weighted by molar-refractivity contribution is 8.00. The van der Waals surface area contributed by atoms with Crippen LogP contribution in [0.1, 0.15) is 31.1 Å². The van der Waals surface area contributed by atoms with Gasteiger partial charge in [-0.25, -0.2) is 0 Å². The number of thioether (sulfide) groups is 1. The Labute approximate surface area is 93.8 Å². The second-order valence-corrected chi connectivity index (χ2v) is 5.39. The molecule has 0 heterocycles. The molecule has 1 aromatic carbocycles. The van der Waals surface area contributed by atoms with Gasteiger partial charge in [0.25, 0.3) is 0 Å². The van der Waals surface area contributed by atoms with Gasteiger partial charge in [-0.1, -0.05) is 31.5 Å². The predicted molar refractivity (Wildman–Crippen MR) is 62.4 cm³/mol. The van der Waals surface area contributed by atoms with Crippen LogP contribution in [0.25, 0.3) is 0 Å². The SMILES string of the molecule is CC(=O)c1ccc(SC(C)C)c(Cl)c1. The molecule has 0 bridgehead atoms. The molecule has 0 saturated carbocycles. The molecule has 0 radical (unpaired) electrons. The van der Waals surface area contributed by atoms with Crippen LogP contribution < -0.4 is 0 Å². The quantitative estimate of drug-likeness (QED) is 0.574. The van der Waals surface area contributed by atoms with E-state index in [9.17, 15) is 4.79 Å². The summed E-state index contributed by atoms with van der Waals surface area (Å²) < 4.78 is 0. The fourth-order valence-corrected chi connectivity index (χ4v) is 2.21. The molecular weight excluding hydrogens is 216 g/mol. The van der Waals surface area contributed by atoms with Gasteiger partial charge in [0.15, 0.2) is 5.78 Å². The largest absolute Gasteiger partial charge is 0.295 e. The standard InChI is InChI=1S/C11H13ClOS/c1-7(2)14-11-5-4-9(8(3)13)6-10(11)12/h4-7H,1-3H3. The molecule has 0 aliphatic rings. The van der Waals surface area contributed by atoms with E-state index in [0.29, 0.717) is 15.8 Å². The van der Waals surface area contributed by atoms with Crippen molar-refractivity contribution in [3.8, 4) is 0 Å². The minimum atomic E-state index is 0.0491. The molecule has 3 heteroatoms. The summed E-state index contributed by atoms with van der Waals surface area (Å²) in [6, 6.07) is 5.46. The molecule has 0 fully saturated rings. The van der Waals surface area contributed by atoms with Gasteiger partial charge in [0, 0.05) is 15.7 Å². The van der Waals surface area contributed by atoms with Crippen molar-refractivity contribution in [3.63, 3.8) is 0 Å². The molecule has 0 aliphatic heterocycles. The summed E-state index contributed by atoms with van der Waals surface area (Å²) in [6.45, 7) is 5.76. The Morgan fingerprint density at radius 3 is 2.50 bits per heavy atom. The van der Waals surface area contributed by atoms with E-state index in [1.165, 1.54) is 0 Å². The van der Waals surface area contributed by atoms with Gasteiger partial charge >= 0.3 is 0 Å². The molecule has 0 unspecified atom stereocenters. The number of ketones is 1. The van der Waals surface area contributed by atoms with Crippen LogP contribution >= 0.6 is 23.4 Å². The van der Waals surface area contributed by atoms with Gasteiger partial charge in [-0.2, -0.15) is 0 Å². The number of rotatable bonds is 3. The molecular formula is C11H13ClOS. The summed E-state index contributed by atoms with van der Waals surface area (Å²) in [5.74, 6) is 0.0491. The summed E-state index contributed by atoms with van der Waals surface area (Å²) in [4.78, 5) is 12.1. The topological polar surface area (TPSA) is 17.1 Å². The van der Waals surface area contributed by atoms with Gasteiger partial charge in [0.1, 0.15) is 0 Å². The number of carbonyl (C=O) groups excluding carboxylic acids is 1. The van der Waals surface area contributed by atoms with E-state index in [-0.39, 0.29) is 5.78 Å². The van der Waals surface area contributed by atoms with E-state index in [1.54, 1.807) is 24.8 Å². The van der Waals surface area contributed by atoms with Crippen LogP contribution in [-0.2, 0) is 0 Å². The normalized spacial score (nSPS) is 10.6. The van der Waals surface area contributed by atoms with Crippen LogP contribution in [0.4, 0.5) is 0 Å². The first-order chi connectivity index (χ1) is 6.50. The summed E-state index contributed by atoms with van der Waals surface area (Å²) in [5.41, 5.74) is 0.670. The number of halogens is 1. The van der Waals surface area contributed by atoms with Gasteiger partial charge in [-0.15, -0.1) is 11.8 Å². The molecule has 14 heavy (non-hydrogen) atoms. The van der Waals surface area contributed by atoms with Gasteiger partial charge < -0.3 is 0 Å². The molecule has 0 saturated heterocycles. The monoisotopic (exact) mass is 228 g/mol. The smallest absolute Gasteiger partial charge is 0.159 e. The maximum atomic E-state index is 11.1. The van der Waals surface area contributed by atoms with E-state index in [0.717, 1.165) is 4.90 Å². The average Bonchev–Trinajstić information content (AvgIpc) is 2.07. The second-order valence-electron chi connectivity index (χ2n) is 3.37. The van der Waals surface area contributed by atoms with Crippen LogP contribution in [0.5, 0.6) is 0 Å². The van der Waals surface area contributed by atoms with Gasteiger partial charge in [0.05, 0.1) is 5.02 Å².